The van der Waals surface area contributed by atoms with Crippen molar-refractivity contribution in [1.29, 1.82) is 0 Å². The molecular formula is C13H30. The van der Waals surface area contributed by atoms with E-state index in [2.05, 4.69) is 27.7 Å². The lowest BCUT2D eigenvalue weighted by Crippen LogP contribution is -2.10. The maximum atomic E-state index is 2.40. The topological polar surface area (TPSA) is 0 Å². The summed E-state index contributed by atoms with van der Waals surface area (Å²) in [7, 11) is 0. The summed E-state index contributed by atoms with van der Waals surface area (Å²) in [5.74, 6) is 0. The third-order valence-electron chi connectivity index (χ3n) is 2.41. The molecule has 0 rings (SSSR count). The van der Waals surface area contributed by atoms with E-state index in [4.69, 9.17) is 0 Å². The van der Waals surface area contributed by atoms with Crippen LogP contribution in [-0.2, 0) is 0 Å². The van der Waals surface area contributed by atoms with Gasteiger partial charge in [0.1, 0.15) is 0 Å². The summed E-state index contributed by atoms with van der Waals surface area (Å²) in [4.78, 5) is 0. The van der Waals surface area contributed by atoms with Crippen LogP contribution in [0.2, 0.25) is 0 Å². The van der Waals surface area contributed by atoms with Crippen molar-refractivity contribution >= 4 is 0 Å². The lowest BCUT2D eigenvalue weighted by molar-refractivity contribution is 0.289. The van der Waals surface area contributed by atoms with Crippen LogP contribution in [0, 0.1) is 5.41 Å². The van der Waals surface area contributed by atoms with Crippen LogP contribution >= 0.6 is 0 Å². The molecule has 0 saturated carbocycles. The summed E-state index contributed by atoms with van der Waals surface area (Å²) < 4.78 is 0. The number of hydrogen-bond acceptors (Lipinski definition) is 0. The second-order valence-electron chi connectivity index (χ2n) is 4.37. The smallest absolute Gasteiger partial charge is 0.0354 e. The third kappa shape index (κ3) is 12.0. The predicted molar refractivity (Wildman–Crippen MR) is 64.2 cm³/mol. The van der Waals surface area contributed by atoms with Gasteiger partial charge in [0.15, 0.2) is 0 Å². The van der Waals surface area contributed by atoms with Gasteiger partial charge >= 0.3 is 0 Å². The Hall–Kier alpha value is 0. The molecule has 0 fully saturated rings. The van der Waals surface area contributed by atoms with Crippen molar-refractivity contribution in [3.63, 3.8) is 0 Å². The molecule has 0 aliphatic rings. The molecule has 0 aliphatic carbocycles. The monoisotopic (exact) mass is 186 g/mol. The Balaban J connectivity index is 0. The van der Waals surface area contributed by atoms with Gasteiger partial charge in [-0.05, 0) is 18.3 Å². The van der Waals surface area contributed by atoms with Crippen molar-refractivity contribution in [2.75, 3.05) is 0 Å². The Morgan fingerprint density at radius 1 is 0.769 bits per heavy atom. The minimum absolute atomic E-state index is 0.603. The van der Waals surface area contributed by atoms with E-state index in [1.54, 1.807) is 0 Å². The molecule has 0 N–H and O–H groups in total. The molecule has 0 bridgehead atoms. The van der Waals surface area contributed by atoms with E-state index in [9.17, 15) is 0 Å². The van der Waals surface area contributed by atoms with Gasteiger partial charge in [0.05, 0.1) is 0 Å². The van der Waals surface area contributed by atoms with E-state index in [-0.39, 0.29) is 0 Å². The molecule has 0 aromatic heterocycles. The molecule has 0 heterocycles. The van der Waals surface area contributed by atoms with Crippen molar-refractivity contribution in [3.05, 3.63) is 0 Å². The Bertz CT molecular complexity index is 72.0. The Morgan fingerprint density at radius 3 is 1.31 bits per heavy atom. The average Bonchev–Trinajstić information content (AvgIpc) is 2.15. The van der Waals surface area contributed by atoms with Gasteiger partial charge in [0.2, 0.25) is 0 Å². The summed E-state index contributed by atoms with van der Waals surface area (Å²) in [5.41, 5.74) is 0.603. The summed E-state index contributed by atoms with van der Waals surface area (Å²) in [6.45, 7) is 13.3. The zero-order valence-corrected chi connectivity index (χ0v) is 10.7. The van der Waals surface area contributed by atoms with Crippen LogP contribution in [0.1, 0.15) is 80.1 Å². The van der Waals surface area contributed by atoms with Crippen LogP contribution in [0.3, 0.4) is 0 Å². The molecule has 0 nitrogen and oxygen atoms in total. The maximum Gasteiger partial charge on any atom is -0.0354 e. The van der Waals surface area contributed by atoms with Crippen LogP contribution in [0.25, 0.3) is 0 Å². The quantitative estimate of drug-likeness (QED) is 0.519. The number of rotatable bonds is 6. The first-order chi connectivity index (χ1) is 6.12. The van der Waals surface area contributed by atoms with Crippen molar-refractivity contribution in [2.24, 2.45) is 5.41 Å². The van der Waals surface area contributed by atoms with Crippen molar-refractivity contribution in [3.8, 4) is 0 Å². The largest absolute Gasteiger partial charge is 0.0683 e. The van der Waals surface area contributed by atoms with Gasteiger partial charge in [-0.3, -0.25) is 0 Å². The number of hydrogen-bond donors (Lipinski definition) is 0. The molecule has 82 valence electrons. The fourth-order valence-electron chi connectivity index (χ4n) is 1.44. The zero-order valence-electron chi connectivity index (χ0n) is 10.7. The van der Waals surface area contributed by atoms with Gasteiger partial charge in [0.25, 0.3) is 0 Å². The second-order valence-corrected chi connectivity index (χ2v) is 4.37. The molecule has 0 heteroatoms. The molecular weight excluding hydrogens is 156 g/mol. The molecule has 13 heavy (non-hydrogen) atoms. The van der Waals surface area contributed by atoms with Crippen molar-refractivity contribution < 1.29 is 0 Å². The fourth-order valence-corrected chi connectivity index (χ4v) is 1.44. The van der Waals surface area contributed by atoms with Crippen LogP contribution in [0.5, 0.6) is 0 Å². The first-order valence-electron chi connectivity index (χ1n) is 6.12. The Kier molecular flexibility index (Phi) is 12.0. The molecule has 0 saturated heterocycles. The SMILES string of the molecule is CC.CCCCC(C)(C)CCCC. The number of unbranched alkanes of at least 4 members (excludes halogenated alkanes) is 2. The van der Waals surface area contributed by atoms with Crippen LogP contribution in [-0.4, -0.2) is 0 Å². The molecule has 0 aromatic rings. The molecule has 0 unspecified atom stereocenters. The summed E-state index contributed by atoms with van der Waals surface area (Å²) >= 11 is 0. The molecule has 0 atom stereocenters. The van der Waals surface area contributed by atoms with Crippen molar-refractivity contribution in [1.82, 2.24) is 0 Å². The molecule has 0 amide bonds. The highest BCUT2D eigenvalue weighted by Crippen LogP contribution is 2.29. The first-order valence-corrected chi connectivity index (χ1v) is 6.12. The highest BCUT2D eigenvalue weighted by atomic mass is 14.2. The van der Waals surface area contributed by atoms with Gasteiger partial charge in [-0.25, -0.2) is 0 Å². The molecule has 0 radical (unpaired) electrons. The van der Waals surface area contributed by atoms with Gasteiger partial charge in [-0.2, -0.15) is 0 Å². The van der Waals surface area contributed by atoms with E-state index >= 15 is 0 Å². The highest BCUT2D eigenvalue weighted by Gasteiger charge is 2.15. The van der Waals surface area contributed by atoms with Crippen LogP contribution in [0.15, 0.2) is 0 Å². The molecule has 0 spiro atoms. The lowest BCUT2D eigenvalue weighted by Gasteiger charge is -2.23. The summed E-state index contributed by atoms with van der Waals surface area (Å²) in [6.07, 6.45) is 8.30. The van der Waals surface area contributed by atoms with E-state index in [1.165, 1.54) is 38.5 Å². The first kappa shape index (κ1) is 15.5. The van der Waals surface area contributed by atoms with Crippen LogP contribution < -0.4 is 0 Å². The minimum Gasteiger partial charge on any atom is -0.0683 e. The maximum absolute atomic E-state index is 2.40. The van der Waals surface area contributed by atoms with Crippen molar-refractivity contribution in [2.45, 2.75) is 80.1 Å². The Labute approximate surface area is 86.1 Å². The van der Waals surface area contributed by atoms with E-state index in [0.29, 0.717) is 5.41 Å². The van der Waals surface area contributed by atoms with E-state index in [1.807, 2.05) is 13.8 Å². The van der Waals surface area contributed by atoms with Gasteiger partial charge in [0, 0.05) is 0 Å². The van der Waals surface area contributed by atoms with E-state index < -0.39 is 0 Å². The second kappa shape index (κ2) is 10.1. The summed E-state index contributed by atoms with van der Waals surface area (Å²) in [5, 5.41) is 0. The average molecular weight is 186 g/mol. The molecule has 0 aromatic carbocycles. The third-order valence-corrected chi connectivity index (χ3v) is 2.41. The Morgan fingerprint density at radius 2 is 1.08 bits per heavy atom. The normalized spacial score (nSPS) is 10.6. The molecule has 0 aliphatic heterocycles. The lowest BCUT2D eigenvalue weighted by atomic mass is 9.82. The van der Waals surface area contributed by atoms with Gasteiger partial charge < -0.3 is 0 Å². The highest BCUT2D eigenvalue weighted by molar-refractivity contribution is 4.67. The predicted octanol–water partition coefficient (Wildman–Crippen LogP) is 5.42. The minimum atomic E-state index is 0.603. The van der Waals surface area contributed by atoms with Gasteiger partial charge in [-0.15, -0.1) is 0 Å². The fraction of sp³-hybridized carbons (Fsp3) is 1.00. The standard InChI is InChI=1S/C11H24.C2H6/c1-5-7-9-11(3,4)10-8-6-2;1-2/h5-10H2,1-4H3;1-2H3. The van der Waals surface area contributed by atoms with Crippen LogP contribution in [0.4, 0.5) is 0 Å². The van der Waals surface area contributed by atoms with Gasteiger partial charge in [-0.1, -0.05) is 67.2 Å². The zero-order chi connectivity index (χ0) is 10.7. The van der Waals surface area contributed by atoms with E-state index in [0.717, 1.165) is 0 Å². The summed E-state index contributed by atoms with van der Waals surface area (Å²) in [6, 6.07) is 0.